The fourth-order valence-electron chi connectivity index (χ4n) is 3.15. The van der Waals surface area contributed by atoms with Gasteiger partial charge in [0.25, 0.3) is 11.5 Å². The van der Waals surface area contributed by atoms with Gasteiger partial charge in [-0.1, -0.05) is 47.5 Å². The molecular formula is C23H17Cl2N5O3. The van der Waals surface area contributed by atoms with Crippen LogP contribution in [0.1, 0.15) is 21.7 Å². The molecule has 0 unspecified atom stereocenters. The molecule has 10 heteroatoms. The van der Waals surface area contributed by atoms with Gasteiger partial charge in [0.1, 0.15) is 0 Å². The Morgan fingerprint density at radius 2 is 1.70 bits per heavy atom. The van der Waals surface area contributed by atoms with Gasteiger partial charge in [0.05, 0.1) is 24.5 Å². The number of benzene rings is 2. The van der Waals surface area contributed by atoms with Gasteiger partial charge >= 0.3 is 5.69 Å². The van der Waals surface area contributed by atoms with Crippen molar-refractivity contribution < 1.29 is 4.79 Å². The third-order valence-corrected chi connectivity index (χ3v) is 5.18. The number of carbonyl (C=O) groups excluding carboxylic acids is 1. The quantitative estimate of drug-likeness (QED) is 0.456. The van der Waals surface area contributed by atoms with Gasteiger partial charge in [-0.15, -0.1) is 0 Å². The molecule has 166 valence electrons. The number of amides is 1. The molecule has 0 saturated heterocycles. The van der Waals surface area contributed by atoms with Gasteiger partial charge in [-0.05, 0) is 48.0 Å². The Bertz CT molecular complexity index is 1430. The number of pyridine rings is 1. The SMILES string of the molecule is O=C(NCc1ccccn1)c1nn(-c2cccc(Cl)c2)c(=O)n(Cc2cccc(Cl)c2)c1=O. The molecule has 1 amide bonds. The predicted octanol–water partition coefficient (Wildman–Crippen LogP) is 3.07. The first-order valence-corrected chi connectivity index (χ1v) is 10.6. The van der Waals surface area contributed by atoms with Gasteiger partial charge in [0.2, 0.25) is 5.69 Å². The van der Waals surface area contributed by atoms with Crippen molar-refractivity contribution in [3.63, 3.8) is 0 Å². The Hall–Kier alpha value is -3.75. The molecule has 0 fully saturated rings. The summed E-state index contributed by atoms with van der Waals surface area (Å²) in [6.07, 6.45) is 1.59. The van der Waals surface area contributed by atoms with Crippen molar-refractivity contribution in [2.45, 2.75) is 13.1 Å². The summed E-state index contributed by atoms with van der Waals surface area (Å²) in [5.41, 5.74) is -0.447. The van der Waals surface area contributed by atoms with E-state index >= 15 is 0 Å². The fourth-order valence-corrected chi connectivity index (χ4v) is 3.55. The van der Waals surface area contributed by atoms with E-state index in [1.54, 1.807) is 66.9 Å². The number of halogens is 2. The lowest BCUT2D eigenvalue weighted by Gasteiger charge is -2.12. The number of nitrogens with one attached hydrogen (secondary N) is 1. The maximum atomic E-state index is 13.2. The average molecular weight is 482 g/mol. The van der Waals surface area contributed by atoms with Crippen LogP contribution in [0.15, 0.2) is 82.5 Å². The maximum Gasteiger partial charge on any atom is 0.352 e. The van der Waals surface area contributed by atoms with Crippen molar-refractivity contribution >= 4 is 29.1 Å². The minimum absolute atomic E-state index is 0.0887. The van der Waals surface area contributed by atoms with Gasteiger partial charge in [-0.2, -0.15) is 9.78 Å². The minimum atomic E-state index is -0.822. The van der Waals surface area contributed by atoms with E-state index in [1.165, 1.54) is 6.07 Å². The first kappa shape index (κ1) is 22.4. The standard InChI is InChI=1S/C23H17Cl2N5O3/c24-16-6-3-5-15(11-16)14-29-22(32)20(21(31)27-13-18-8-1-2-10-26-18)28-30(23(29)33)19-9-4-7-17(25)12-19/h1-12H,13-14H2,(H,27,31). The Balaban J connectivity index is 1.79. The summed E-state index contributed by atoms with van der Waals surface area (Å²) < 4.78 is 1.92. The lowest BCUT2D eigenvalue weighted by Crippen LogP contribution is -2.46. The van der Waals surface area contributed by atoms with Crippen LogP contribution in [0.25, 0.3) is 5.69 Å². The van der Waals surface area contributed by atoms with Crippen LogP contribution in [-0.2, 0) is 13.1 Å². The number of hydrogen-bond donors (Lipinski definition) is 1. The maximum absolute atomic E-state index is 13.2. The van der Waals surface area contributed by atoms with Crippen LogP contribution < -0.4 is 16.6 Å². The van der Waals surface area contributed by atoms with Crippen LogP contribution in [0.5, 0.6) is 0 Å². The molecule has 2 aromatic carbocycles. The molecule has 2 aromatic heterocycles. The van der Waals surface area contributed by atoms with Crippen LogP contribution in [0.2, 0.25) is 10.0 Å². The molecule has 4 rings (SSSR count). The Labute approximate surface area is 198 Å². The monoisotopic (exact) mass is 481 g/mol. The van der Waals surface area contributed by atoms with Gasteiger partial charge < -0.3 is 5.32 Å². The zero-order valence-electron chi connectivity index (χ0n) is 17.1. The molecule has 2 heterocycles. The van der Waals surface area contributed by atoms with Crippen molar-refractivity contribution in [1.29, 1.82) is 0 Å². The van der Waals surface area contributed by atoms with E-state index in [0.29, 0.717) is 27.0 Å². The molecule has 0 aliphatic rings. The Morgan fingerprint density at radius 1 is 0.939 bits per heavy atom. The summed E-state index contributed by atoms with van der Waals surface area (Å²) in [4.78, 5) is 43.3. The molecular weight excluding hydrogens is 465 g/mol. The molecule has 0 spiro atoms. The molecule has 0 saturated carbocycles. The summed E-state index contributed by atoms with van der Waals surface area (Å²) in [5.74, 6) is -0.735. The molecule has 4 aromatic rings. The zero-order valence-corrected chi connectivity index (χ0v) is 18.6. The highest BCUT2D eigenvalue weighted by molar-refractivity contribution is 6.31. The summed E-state index contributed by atoms with van der Waals surface area (Å²) in [6.45, 7) is -0.00673. The van der Waals surface area contributed by atoms with Crippen molar-refractivity contribution in [2.75, 3.05) is 0 Å². The van der Waals surface area contributed by atoms with Crippen LogP contribution in [-0.4, -0.2) is 25.2 Å². The summed E-state index contributed by atoms with van der Waals surface area (Å²) >= 11 is 12.1. The molecule has 33 heavy (non-hydrogen) atoms. The van der Waals surface area contributed by atoms with E-state index < -0.39 is 22.9 Å². The molecule has 0 aliphatic carbocycles. The van der Waals surface area contributed by atoms with Crippen LogP contribution in [0.3, 0.4) is 0 Å². The van der Waals surface area contributed by atoms with Crippen molar-refractivity contribution in [2.24, 2.45) is 0 Å². The van der Waals surface area contributed by atoms with Crippen LogP contribution in [0.4, 0.5) is 0 Å². The zero-order chi connectivity index (χ0) is 23.4. The Morgan fingerprint density at radius 3 is 2.39 bits per heavy atom. The molecule has 1 N–H and O–H groups in total. The molecule has 8 nitrogen and oxygen atoms in total. The number of aromatic nitrogens is 4. The van der Waals surface area contributed by atoms with Crippen LogP contribution in [0, 0.1) is 0 Å². The highest BCUT2D eigenvalue weighted by atomic mass is 35.5. The molecule has 0 atom stereocenters. The second-order valence-corrected chi connectivity index (χ2v) is 7.92. The second-order valence-electron chi connectivity index (χ2n) is 7.05. The Kier molecular flexibility index (Phi) is 6.67. The van der Waals surface area contributed by atoms with E-state index in [1.807, 2.05) is 0 Å². The highest BCUT2D eigenvalue weighted by Gasteiger charge is 2.20. The smallest absolute Gasteiger partial charge is 0.345 e. The average Bonchev–Trinajstić information content (AvgIpc) is 2.81. The topological polar surface area (TPSA) is 98.9 Å². The van der Waals surface area contributed by atoms with E-state index in [2.05, 4.69) is 15.4 Å². The number of rotatable bonds is 6. The molecule has 0 radical (unpaired) electrons. The minimum Gasteiger partial charge on any atom is -0.345 e. The van der Waals surface area contributed by atoms with E-state index in [0.717, 1.165) is 9.25 Å². The molecule has 0 bridgehead atoms. The van der Waals surface area contributed by atoms with Crippen molar-refractivity contribution in [3.05, 3.63) is 121 Å². The van der Waals surface area contributed by atoms with Crippen molar-refractivity contribution in [3.8, 4) is 5.69 Å². The lowest BCUT2D eigenvalue weighted by atomic mass is 10.2. The lowest BCUT2D eigenvalue weighted by molar-refractivity contribution is 0.0940. The van der Waals surface area contributed by atoms with E-state index in [9.17, 15) is 14.4 Å². The summed E-state index contributed by atoms with van der Waals surface area (Å²) in [6, 6.07) is 18.4. The van der Waals surface area contributed by atoms with Gasteiger partial charge in [-0.3, -0.25) is 19.1 Å². The van der Waals surface area contributed by atoms with Gasteiger partial charge in [-0.25, -0.2) is 4.79 Å². The largest absolute Gasteiger partial charge is 0.352 e. The molecule has 0 aliphatic heterocycles. The van der Waals surface area contributed by atoms with Gasteiger partial charge in [0.15, 0.2) is 0 Å². The first-order valence-electron chi connectivity index (χ1n) is 9.85. The van der Waals surface area contributed by atoms with Crippen molar-refractivity contribution in [1.82, 2.24) is 24.6 Å². The predicted molar refractivity (Wildman–Crippen MR) is 125 cm³/mol. The van der Waals surface area contributed by atoms with E-state index in [4.69, 9.17) is 23.2 Å². The van der Waals surface area contributed by atoms with Gasteiger partial charge in [0, 0.05) is 16.2 Å². The highest BCUT2D eigenvalue weighted by Crippen LogP contribution is 2.13. The van der Waals surface area contributed by atoms with Crippen LogP contribution >= 0.6 is 23.2 Å². The first-order chi connectivity index (χ1) is 15.9. The third kappa shape index (κ3) is 5.19. The summed E-state index contributed by atoms with van der Waals surface area (Å²) in [5, 5.41) is 7.52. The number of hydrogen-bond acceptors (Lipinski definition) is 5. The fraction of sp³-hybridized carbons (Fsp3) is 0.0870. The normalized spacial score (nSPS) is 10.7. The van der Waals surface area contributed by atoms with E-state index in [-0.39, 0.29) is 13.1 Å². The number of carbonyl (C=O) groups is 1. The third-order valence-electron chi connectivity index (χ3n) is 4.71. The number of nitrogens with zero attached hydrogens (tertiary/aromatic N) is 4. The summed E-state index contributed by atoms with van der Waals surface area (Å²) in [7, 11) is 0. The second kappa shape index (κ2) is 9.81.